The molecule has 0 aromatic heterocycles. The lowest BCUT2D eigenvalue weighted by Crippen LogP contribution is -2.29. The number of carbonyl (C=O) groups excluding carboxylic acids is 8. The summed E-state index contributed by atoms with van der Waals surface area (Å²) in [6.45, 7) is 2.09. The van der Waals surface area contributed by atoms with Crippen LogP contribution in [0.4, 0.5) is 0 Å². The van der Waals surface area contributed by atoms with E-state index in [4.69, 9.17) is 47.4 Å². The number of hydrogen-bond donors (Lipinski definition) is 8. The molecular formula is C99H96O26. The largest absolute Gasteiger partial charge is 0.508 e. The Bertz CT molecular complexity index is 5170. The highest BCUT2D eigenvalue weighted by Gasteiger charge is 2.28. The summed E-state index contributed by atoms with van der Waals surface area (Å²) >= 11 is 0. The molecule has 648 valence electrons. The van der Waals surface area contributed by atoms with Crippen LogP contribution in [0, 0.1) is 11.8 Å². The average Bonchev–Trinajstić information content (AvgIpc) is 0.822. The van der Waals surface area contributed by atoms with Crippen molar-refractivity contribution in [1.29, 1.82) is 0 Å². The van der Waals surface area contributed by atoms with Gasteiger partial charge in [-0.1, -0.05) is 72.8 Å². The molecule has 0 spiro atoms. The lowest BCUT2D eigenvalue weighted by atomic mass is 9.83. The van der Waals surface area contributed by atoms with Crippen molar-refractivity contribution in [3.8, 4) is 68.2 Å². The van der Waals surface area contributed by atoms with Gasteiger partial charge in [-0.3, -0.25) is 0 Å². The summed E-state index contributed by atoms with van der Waals surface area (Å²) in [6, 6.07) is 71.0. The van der Waals surface area contributed by atoms with Gasteiger partial charge in [-0.2, -0.15) is 0 Å². The molecule has 2 aliphatic carbocycles. The minimum Gasteiger partial charge on any atom is -0.508 e. The fourth-order valence-corrected chi connectivity index (χ4v) is 13.1. The van der Waals surface area contributed by atoms with Gasteiger partial charge in [0.25, 0.3) is 0 Å². The minimum atomic E-state index is -0.522. The molecule has 14 rings (SSSR count). The third-order valence-electron chi connectivity index (χ3n) is 20.0. The van der Waals surface area contributed by atoms with Crippen molar-refractivity contribution in [3.05, 3.63) is 311 Å². The molecule has 0 bridgehead atoms. The molecule has 0 radical (unpaired) electrons. The first-order chi connectivity index (χ1) is 60.4. The van der Waals surface area contributed by atoms with E-state index < -0.39 is 35.8 Å². The van der Waals surface area contributed by atoms with Crippen molar-refractivity contribution in [2.75, 3.05) is 67.1 Å². The fraction of sp³-hybridized carbons (Fsp3) is 0.232. The molecule has 26 heteroatoms. The van der Waals surface area contributed by atoms with Gasteiger partial charge in [-0.05, 0) is 308 Å². The van der Waals surface area contributed by atoms with E-state index in [1.165, 1.54) is 97.1 Å². The third kappa shape index (κ3) is 29.8. The van der Waals surface area contributed by atoms with Crippen LogP contribution in [0.1, 0.15) is 141 Å². The van der Waals surface area contributed by atoms with Crippen LogP contribution >= 0.6 is 0 Å². The van der Waals surface area contributed by atoms with Gasteiger partial charge in [0, 0.05) is 27.4 Å². The second kappa shape index (κ2) is 47.4. The fourth-order valence-electron chi connectivity index (χ4n) is 13.1. The van der Waals surface area contributed by atoms with Crippen molar-refractivity contribution in [2.24, 2.45) is 11.8 Å². The lowest BCUT2D eigenvalue weighted by Gasteiger charge is -2.28. The number of methoxy groups -OCH3 is 2. The molecule has 26 nitrogen and oxygen atoms in total. The van der Waals surface area contributed by atoms with Crippen LogP contribution in [0.5, 0.6) is 46.0 Å². The van der Waals surface area contributed by atoms with E-state index in [0.29, 0.717) is 95.2 Å². The molecule has 12 aromatic rings. The second-order valence-electron chi connectivity index (χ2n) is 29.1. The zero-order valence-electron chi connectivity index (χ0n) is 68.7. The summed E-state index contributed by atoms with van der Waals surface area (Å²) in [7, 11) is 3.38. The topological polar surface area (TPSA) is 391 Å². The minimum absolute atomic E-state index is 0.0596. The Labute approximate surface area is 720 Å². The molecule has 0 unspecified atom stereocenters. The highest BCUT2D eigenvalue weighted by atomic mass is 16.6. The number of aromatic hydroxyl groups is 8. The van der Waals surface area contributed by atoms with Gasteiger partial charge < -0.3 is 88.2 Å². The third-order valence-corrected chi connectivity index (χ3v) is 20.0. The quantitative estimate of drug-likeness (QED) is 0.0142. The van der Waals surface area contributed by atoms with E-state index in [1.54, 1.807) is 184 Å². The van der Waals surface area contributed by atoms with Crippen LogP contribution in [0.3, 0.4) is 0 Å². The summed E-state index contributed by atoms with van der Waals surface area (Å²) in [4.78, 5) is 97.1. The van der Waals surface area contributed by atoms with E-state index in [2.05, 4.69) is 0 Å². The Morgan fingerprint density at radius 3 is 0.720 bits per heavy atom. The number of hydrogen-bond acceptors (Lipinski definition) is 26. The monoisotopic (exact) mass is 1700 g/mol. The van der Waals surface area contributed by atoms with E-state index in [9.17, 15) is 79.2 Å². The summed E-state index contributed by atoms with van der Waals surface area (Å²) in [5.74, 6) is -1.94. The Hall–Kier alpha value is -14.8. The zero-order valence-corrected chi connectivity index (χ0v) is 68.7. The summed E-state index contributed by atoms with van der Waals surface area (Å²) in [5.41, 5.74) is 6.80. The van der Waals surface area contributed by atoms with Crippen molar-refractivity contribution >= 4 is 69.3 Å². The van der Waals surface area contributed by atoms with Gasteiger partial charge in [0.1, 0.15) is 84.6 Å². The highest BCUT2D eigenvalue weighted by Crippen LogP contribution is 2.32. The number of ether oxygens (including phenoxy) is 10. The summed E-state index contributed by atoms with van der Waals surface area (Å²) < 4.78 is 52.0. The SMILES string of the molecule is COCCCOC.O=C(OC1CCC(OC(=O)c2ccc(O)cc2)CC1)c1ccc(O)cc1.O=C(OCC1CCC(COC(=O)c2ccc(O)cc2)CC1)c1ccc(O)cc1.O=C(OCCOC(=O)c1ccc(-c2ccc(O)cc2)cc1)c1ccc(-c2ccc(O)cc2)cc1.O=C(OCCOC(=O)c1ccc2cc(O)ccc2c1)c1ccc2cc(O)ccc2c1. The van der Waals surface area contributed by atoms with Gasteiger partial charge >= 0.3 is 47.8 Å². The van der Waals surface area contributed by atoms with Crippen LogP contribution in [0.15, 0.2) is 267 Å². The molecular weight excluding hydrogens is 1610 g/mol. The van der Waals surface area contributed by atoms with Gasteiger partial charge in [0.2, 0.25) is 0 Å². The molecule has 12 aromatic carbocycles. The molecule has 0 amide bonds. The molecule has 8 N–H and O–H groups in total. The lowest BCUT2D eigenvalue weighted by molar-refractivity contribution is -0.0108. The van der Waals surface area contributed by atoms with Crippen LogP contribution in [-0.4, -0.2) is 168 Å². The van der Waals surface area contributed by atoms with Gasteiger partial charge in [0.15, 0.2) is 0 Å². The van der Waals surface area contributed by atoms with E-state index in [-0.39, 0.29) is 96.6 Å². The van der Waals surface area contributed by atoms with E-state index in [1.807, 2.05) is 0 Å². The molecule has 0 aliphatic heterocycles. The van der Waals surface area contributed by atoms with Crippen LogP contribution in [-0.2, 0) is 47.4 Å². The van der Waals surface area contributed by atoms with Crippen molar-refractivity contribution in [3.63, 3.8) is 0 Å². The standard InChI is InChI=1S/C28H22O6.C24H18O6.C22H24O6.C20H20O6.C5H12O2/c29-25-13-9-21(10-14-25)19-1-5-23(6-2-19)27(31)33-17-18-34-28(32)24-7-3-20(4-8-24)22-11-15-26(30)16-12-22;25-21-7-5-15-11-19(3-1-17(15)13-21)23(27)29-9-10-30-24(28)20-4-2-18-14-22(26)8-6-16(18)12-20;23-19-9-5-17(6-10-19)21(25)27-13-15-1-2-16(4-3-15)14-28-22(26)18-7-11-20(24)12-8-18;21-15-5-1-13(2-6-15)19(23)25-17-9-11-18(12-10-17)26-20(24)14-3-7-16(22)8-4-14;1-6-4-3-5-7-2/h1-16,29-30H,17-18H2;1-8,11-14,25-26H,9-10H2;5-12,15-16,23-24H,1-4,13-14H2;1-8,17-18,21-22H,9-12H2;3-5H2,1-2H3. The molecule has 2 aliphatic rings. The zero-order chi connectivity index (χ0) is 89.0. The molecule has 0 atom stereocenters. The van der Waals surface area contributed by atoms with Crippen LogP contribution in [0.2, 0.25) is 0 Å². The molecule has 2 fully saturated rings. The predicted molar refractivity (Wildman–Crippen MR) is 463 cm³/mol. The predicted octanol–water partition coefficient (Wildman–Crippen LogP) is 17.9. The molecule has 125 heavy (non-hydrogen) atoms. The first-order valence-corrected chi connectivity index (χ1v) is 40.3. The second-order valence-corrected chi connectivity index (χ2v) is 29.1. The summed E-state index contributed by atoms with van der Waals surface area (Å²) in [5, 5.41) is 78.0. The first kappa shape index (κ1) is 92.5. The number of phenolic OH excluding ortho intramolecular Hbond substituents is 8. The maximum atomic E-state index is 12.2. The Kier molecular flexibility index (Phi) is 35.1. The van der Waals surface area contributed by atoms with Crippen molar-refractivity contribution in [2.45, 2.75) is 70.0 Å². The van der Waals surface area contributed by atoms with Gasteiger partial charge in [-0.15, -0.1) is 0 Å². The number of esters is 8. The summed E-state index contributed by atoms with van der Waals surface area (Å²) in [6.07, 6.45) is 6.75. The van der Waals surface area contributed by atoms with Crippen molar-refractivity contribution < 1.29 is 127 Å². The van der Waals surface area contributed by atoms with E-state index >= 15 is 0 Å². The van der Waals surface area contributed by atoms with E-state index in [0.717, 1.165) is 89.1 Å². The molecule has 0 heterocycles. The molecule has 0 saturated heterocycles. The number of rotatable bonds is 26. The number of phenols is 8. The smallest absolute Gasteiger partial charge is 0.338 e. The maximum Gasteiger partial charge on any atom is 0.338 e. The number of fused-ring (bicyclic) bond motifs is 2. The van der Waals surface area contributed by atoms with Gasteiger partial charge in [0.05, 0.1) is 57.7 Å². The number of benzene rings is 12. The number of carbonyl (C=O) groups is 8. The Morgan fingerprint density at radius 1 is 0.232 bits per heavy atom. The highest BCUT2D eigenvalue weighted by molar-refractivity contribution is 5.98. The Morgan fingerprint density at radius 2 is 0.440 bits per heavy atom. The van der Waals surface area contributed by atoms with Crippen molar-refractivity contribution in [1.82, 2.24) is 0 Å². The van der Waals surface area contributed by atoms with Crippen LogP contribution in [0.25, 0.3) is 43.8 Å². The molecule has 2 saturated carbocycles. The van der Waals surface area contributed by atoms with Crippen LogP contribution < -0.4 is 0 Å². The first-order valence-electron chi connectivity index (χ1n) is 40.3. The Balaban J connectivity index is 0.000000170. The van der Waals surface area contributed by atoms with Gasteiger partial charge in [-0.25, -0.2) is 38.4 Å². The normalized spacial score (nSPS) is 14.3. The average molecular weight is 1700 g/mol. The maximum absolute atomic E-state index is 12.2.